The normalized spacial score (nSPS) is 16.9. The van der Waals surface area contributed by atoms with E-state index in [2.05, 4.69) is 83.5 Å². The predicted octanol–water partition coefficient (Wildman–Crippen LogP) is 6.09. The summed E-state index contributed by atoms with van der Waals surface area (Å²) >= 11 is 3.59. The van der Waals surface area contributed by atoms with E-state index >= 15 is 0 Å². The van der Waals surface area contributed by atoms with Crippen LogP contribution in [0.15, 0.2) is 59.2 Å². The van der Waals surface area contributed by atoms with Crippen LogP contribution in [0.25, 0.3) is 27.9 Å². The molecule has 6 rings (SSSR count). The molecule has 6 nitrogen and oxygen atoms in total. The third kappa shape index (κ3) is 5.72. The number of aromatic nitrogens is 2. The summed E-state index contributed by atoms with van der Waals surface area (Å²) < 4.78 is 10.9. The van der Waals surface area contributed by atoms with Gasteiger partial charge in [0.25, 0.3) is 0 Å². The molecule has 4 heterocycles. The molecule has 0 aliphatic carbocycles. The van der Waals surface area contributed by atoms with Crippen molar-refractivity contribution in [2.75, 3.05) is 39.8 Å². The molecule has 2 aliphatic rings. The van der Waals surface area contributed by atoms with E-state index in [9.17, 15) is 4.79 Å². The fraction of sp³-hybridized carbons (Fsp3) is 0.406. The molecule has 204 valence electrons. The zero-order chi connectivity index (χ0) is 26.8. The van der Waals surface area contributed by atoms with Gasteiger partial charge in [-0.2, -0.15) is 0 Å². The summed E-state index contributed by atoms with van der Waals surface area (Å²) in [6, 6.07) is 15.3. The fourth-order valence-electron chi connectivity index (χ4n) is 6.35. The highest BCUT2D eigenvalue weighted by Gasteiger charge is 2.24. The lowest BCUT2D eigenvalue weighted by Gasteiger charge is -2.30. The third-order valence-corrected chi connectivity index (χ3v) is 8.94. The number of carbonyl (C=O) groups is 1. The second-order valence-electron chi connectivity index (χ2n) is 10.9. The van der Waals surface area contributed by atoms with Gasteiger partial charge in [-0.15, -0.1) is 0 Å². The lowest BCUT2D eigenvalue weighted by atomic mass is 10.0. The van der Waals surface area contributed by atoms with Crippen LogP contribution < -0.4 is 0 Å². The molecule has 0 bridgehead atoms. The molecule has 0 saturated carbocycles. The topological polar surface area (TPSA) is 42.6 Å². The van der Waals surface area contributed by atoms with E-state index in [1.54, 1.807) is 0 Å². The molecule has 0 amide bonds. The van der Waals surface area contributed by atoms with Gasteiger partial charge >= 0.3 is 5.97 Å². The smallest absolute Gasteiger partial charge is 0.330 e. The Kier molecular flexibility index (Phi) is 7.91. The van der Waals surface area contributed by atoms with Gasteiger partial charge in [0.15, 0.2) is 0 Å². The molecular weight excluding hydrogens is 552 g/mol. The van der Waals surface area contributed by atoms with Gasteiger partial charge in [0, 0.05) is 89.9 Å². The van der Waals surface area contributed by atoms with Gasteiger partial charge in [-0.25, -0.2) is 4.79 Å². The Hall–Kier alpha value is -2.87. The van der Waals surface area contributed by atoms with Crippen LogP contribution in [0.3, 0.4) is 0 Å². The number of nitrogens with zero attached hydrogens (tertiary/aromatic N) is 4. The van der Waals surface area contributed by atoms with E-state index in [1.807, 2.05) is 6.08 Å². The molecule has 2 aliphatic heterocycles. The largest absolute Gasteiger partial charge is 0.466 e. The Morgan fingerprint density at radius 1 is 0.923 bits per heavy atom. The van der Waals surface area contributed by atoms with Crippen LogP contribution >= 0.6 is 15.9 Å². The highest BCUT2D eigenvalue weighted by Crippen LogP contribution is 2.32. The van der Waals surface area contributed by atoms with E-state index in [0.717, 1.165) is 55.7 Å². The number of piperidine rings is 1. The summed E-state index contributed by atoms with van der Waals surface area (Å²) in [5.41, 5.74) is 6.57. The quantitative estimate of drug-likeness (QED) is 0.184. The minimum absolute atomic E-state index is 0.327. The maximum absolute atomic E-state index is 11.7. The molecular formula is C32H37BrN4O2. The monoisotopic (exact) mass is 588 g/mol. The SMILES string of the molecule is COC(=O)/C=C/c1ccc2c(c1)c1c(n2CCN2CCCCC2)CCN(CCn2ccc3cc(Br)ccc32)C1. The molecule has 0 spiro atoms. The molecule has 0 radical (unpaired) electrons. The average Bonchev–Trinajstić information content (AvgIpc) is 3.51. The second-order valence-corrected chi connectivity index (χ2v) is 11.8. The van der Waals surface area contributed by atoms with Gasteiger partial charge in [-0.1, -0.05) is 28.4 Å². The lowest BCUT2D eigenvalue weighted by molar-refractivity contribution is -0.134. The number of rotatable bonds is 8. The first kappa shape index (κ1) is 26.4. The predicted molar refractivity (Wildman–Crippen MR) is 162 cm³/mol. The van der Waals surface area contributed by atoms with Crippen LogP contribution in [0.4, 0.5) is 0 Å². The number of esters is 1. The molecule has 0 unspecified atom stereocenters. The van der Waals surface area contributed by atoms with Crippen LogP contribution in [-0.4, -0.2) is 64.7 Å². The van der Waals surface area contributed by atoms with Gasteiger partial charge in [-0.05, 0) is 79.5 Å². The van der Waals surface area contributed by atoms with Crippen molar-refractivity contribution in [3.05, 3.63) is 76.0 Å². The van der Waals surface area contributed by atoms with Crippen LogP contribution in [0.2, 0.25) is 0 Å². The van der Waals surface area contributed by atoms with Crippen LogP contribution in [0.5, 0.6) is 0 Å². The van der Waals surface area contributed by atoms with E-state index in [4.69, 9.17) is 4.74 Å². The minimum atomic E-state index is -0.327. The minimum Gasteiger partial charge on any atom is -0.466 e. The molecule has 2 aromatic carbocycles. The number of carbonyl (C=O) groups excluding carboxylic acids is 1. The van der Waals surface area contributed by atoms with E-state index < -0.39 is 0 Å². The van der Waals surface area contributed by atoms with Crippen molar-refractivity contribution in [1.82, 2.24) is 18.9 Å². The maximum Gasteiger partial charge on any atom is 0.330 e. The van der Waals surface area contributed by atoms with Crippen molar-refractivity contribution in [2.45, 2.75) is 45.3 Å². The van der Waals surface area contributed by atoms with Gasteiger partial charge in [-0.3, -0.25) is 4.90 Å². The van der Waals surface area contributed by atoms with Crippen molar-refractivity contribution >= 4 is 49.8 Å². The zero-order valence-corrected chi connectivity index (χ0v) is 24.3. The summed E-state index contributed by atoms with van der Waals surface area (Å²) in [5, 5.41) is 2.59. The van der Waals surface area contributed by atoms with Crippen molar-refractivity contribution < 1.29 is 9.53 Å². The highest BCUT2D eigenvalue weighted by atomic mass is 79.9. The number of hydrogen-bond donors (Lipinski definition) is 0. The number of halogens is 1. The zero-order valence-electron chi connectivity index (χ0n) is 22.7. The summed E-state index contributed by atoms with van der Waals surface area (Å²) in [6.45, 7) is 8.62. The fourth-order valence-corrected chi connectivity index (χ4v) is 6.72. The average molecular weight is 590 g/mol. The molecule has 2 aromatic heterocycles. The Labute approximate surface area is 238 Å². The van der Waals surface area contributed by atoms with E-state index in [-0.39, 0.29) is 5.97 Å². The van der Waals surface area contributed by atoms with Crippen molar-refractivity contribution in [1.29, 1.82) is 0 Å². The van der Waals surface area contributed by atoms with Crippen molar-refractivity contribution in [2.24, 2.45) is 0 Å². The summed E-state index contributed by atoms with van der Waals surface area (Å²) in [5.74, 6) is -0.327. The number of methoxy groups -OCH3 is 1. The number of benzene rings is 2. The molecule has 0 N–H and O–H groups in total. The summed E-state index contributed by atoms with van der Waals surface area (Å²) in [7, 11) is 1.42. The first-order valence-electron chi connectivity index (χ1n) is 14.2. The number of fused-ring (bicyclic) bond motifs is 4. The summed E-state index contributed by atoms with van der Waals surface area (Å²) in [4.78, 5) is 16.9. The molecule has 0 atom stereocenters. The van der Waals surface area contributed by atoms with Gasteiger partial charge in [0.05, 0.1) is 7.11 Å². The van der Waals surface area contributed by atoms with Crippen molar-refractivity contribution in [3.63, 3.8) is 0 Å². The van der Waals surface area contributed by atoms with Gasteiger partial charge in [0.2, 0.25) is 0 Å². The second kappa shape index (κ2) is 11.7. The maximum atomic E-state index is 11.7. The first-order chi connectivity index (χ1) is 19.1. The Morgan fingerprint density at radius 3 is 2.59 bits per heavy atom. The van der Waals surface area contributed by atoms with Crippen molar-refractivity contribution in [3.8, 4) is 0 Å². The standard InChI is InChI=1S/C32H37BrN4O2/c1-39-32(38)10-6-24-5-8-30-27(21-24)28-23-35(17-19-36-16-11-25-22-26(33)7-9-29(25)36)15-12-31(28)37(30)20-18-34-13-3-2-4-14-34/h5-11,16,21-22H,2-4,12-15,17-20,23H2,1H3/b10-6+. The molecule has 39 heavy (non-hydrogen) atoms. The first-order valence-corrected chi connectivity index (χ1v) is 15.0. The third-order valence-electron chi connectivity index (χ3n) is 8.45. The molecule has 1 saturated heterocycles. The Bertz CT molecular complexity index is 1510. The number of hydrogen-bond acceptors (Lipinski definition) is 4. The van der Waals surface area contributed by atoms with Crippen LogP contribution in [0, 0.1) is 0 Å². The Morgan fingerprint density at radius 2 is 1.74 bits per heavy atom. The van der Waals surface area contributed by atoms with E-state index in [0.29, 0.717) is 0 Å². The Balaban J connectivity index is 1.25. The van der Waals surface area contributed by atoms with E-state index in [1.165, 1.54) is 78.6 Å². The highest BCUT2D eigenvalue weighted by molar-refractivity contribution is 9.10. The number of likely N-dealkylation sites (tertiary alicyclic amines) is 1. The number of ether oxygens (including phenoxy) is 1. The summed E-state index contributed by atoms with van der Waals surface area (Å²) in [6.07, 6.45) is 10.7. The molecule has 1 fully saturated rings. The van der Waals surface area contributed by atoms with Crippen LogP contribution in [0.1, 0.15) is 36.1 Å². The van der Waals surface area contributed by atoms with Gasteiger partial charge < -0.3 is 18.8 Å². The molecule has 7 heteroatoms. The van der Waals surface area contributed by atoms with Gasteiger partial charge in [0.1, 0.15) is 0 Å². The lowest BCUT2D eigenvalue weighted by Crippen LogP contribution is -2.35. The van der Waals surface area contributed by atoms with Crippen LogP contribution in [-0.2, 0) is 35.6 Å². The molecule has 4 aromatic rings.